The average molecular weight is 319 g/mol. The Morgan fingerprint density at radius 2 is 2.20 bits per heavy atom. The number of hydrogen-bond donors (Lipinski definition) is 1. The Bertz CT molecular complexity index is 605. The van der Waals surface area contributed by atoms with Crippen molar-refractivity contribution in [2.75, 3.05) is 11.8 Å². The number of methoxy groups -OCH3 is 1. The fraction of sp³-hybridized carbons (Fsp3) is 0.500. The van der Waals surface area contributed by atoms with Crippen LogP contribution < -0.4 is 4.72 Å². The number of sulfonamides is 1. The molecule has 1 aliphatic carbocycles. The predicted octanol–water partition coefficient (Wildman–Crippen LogP) is 1.82. The summed E-state index contributed by atoms with van der Waals surface area (Å²) in [6.07, 6.45) is 1.62. The normalized spacial score (nSPS) is 22.5. The van der Waals surface area contributed by atoms with Gasteiger partial charge in [-0.05, 0) is 25.0 Å². The largest absolute Gasteiger partial charge is 0.469 e. The number of anilines is 1. The summed E-state index contributed by atoms with van der Waals surface area (Å²) < 4.78 is 31.7. The van der Waals surface area contributed by atoms with E-state index in [9.17, 15) is 13.2 Å². The molecule has 6 nitrogen and oxygen atoms in total. The van der Waals surface area contributed by atoms with Gasteiger partial charge in [-0.15, -0.1) is 0 Å². The summed E-state index contributed by atoms with van der Waals surface area (Å²) in [5, 5.41) is -0.600. The van der Waals surface area contributed by atoms with Crippen molar-refractivity contribution < 1.29 is 17.9 Å². The maximum Gasteiger partial charge on any atom is 0.310 e. The van der Waals surface area contributed by atoms with Crippen LogP contribution in [0.25, 0.3) is 0 Å². The quantitative estimate of drug-likeness (QED) is 0.676. The van der Waals surface area contributed by atoms with E-state index in [0.717, 1.165) is 0 Å². The Balaban J connectivity index is 2.19. The van der Waals surface area contributed by atoms with Gasteiger partial charge in [0, 0.05) is 0 Å². The third-order valence-corrected chi connectivity index (χ3v) is 5.38. The van der Waals surface area contributed by atoms with E-state index in [1.165, 1.54) is 13.2 Å². The van der Waals surface area contributed by atoms with Crippen LogP contribution in [0.15, 0.2) is 18.2 Å². The molecule has 1 N–H and O–H groups in total. The highest BCUT2D eigenvalue weighted by atomic mass is 35.5. The molecule has 0 spiro atoms. The number of pyridine rings is 1. The molecule has 2 atom stereocenters. The zero-order valence-electron chi connectivity index (χ0n) is 10.9. The Morgan fingerprint density at radius 1 is 1.45 bits per heavy atom. The van der Waals surface area contributed by atoms with Gasteiger partial charge < -0.3 is 4.74 Å². The molecule has 1 aliphatic rings. The minimum atomic E-state index is -3.71. The van der Waals surface area contributed by atoms with Gasteiger partial charge in [0.15, 0.2) is 0 Å². The molecule has 8 heteroatoms. The summed E-state index contributed by atoms with van der Waals surface area (Å²) in [5.41, 5.74) is 0. The first kappa shape index (κ1) is 15.1. The second-order valence-electron chi connectivity index (χ2n) is 4.59. The molecule has 1 saturated carbocycles. The van der Waals surface area contributed by atoms with E-state index < -0.39 is 27.2 Å². The molecule has 0 aromatic carbocycles. The molecule has 2 rings (SSSR count). The summed E-state index contributed by atoms with van der Waals surface area (Å²) in [6, 6.07) is 4.65. The summed E-state index contributed by atoms with van der Waals surface area (Å²) in [7, 11) is -2.45. The molecule has 2 unspecified atom stereocenters. The number of nitrogens with zero attached hydrogens (tertiary/aromatic N) is 1. The number of rotatable bonds is 4. The Kier molecular flexibility index (Phi) is 4.49. The lowest BCUT2D eigenvalue weighted by Gasteiger charge is -2.18. The second kappa shape index (κ2) is 5.97. The van der Waals surface area contributed by atoms with Gasteiger partial charge in [0.25, 0.3) is 0 Å². The zero-order chi connectivity index (χ0) is 14.8. The van der Waals surface area contributed by atoms with Gasteiger partial charge in [-0.2, -0.15) is 0 Å². The van der Waals surface area contributed by atoms with E-state index in [1.54, 1.807) is 12.1 Å². The Labute approximate surface area is 122 Å². The molecule has 20 heavy (non-hydrogen) atoms. The number of carbonyl (C=O) groups is 1. The third kappa shape index (κ3) is 3.21. The summed E-state index contributed by atoms with van der Waals surface area (Å²) in [4.78, 5) is 15.5. The number of carbonyl (C=O) groups excluding carboxylic acids is 1. The van der Waals surface area contributed by atoms with Crippen molar-refractivity contribution in [3.8, 4) is 0 Å². The minimum Gasteiger partial charge on any atom is -0.469 e. The van der Waals surface area contributed by atoms with Crippen LogP contribution >= 0.6 is 11.6 Å². The first-order valence-corrected chi connectivity index (χ1v) is 8.08. The molecule has 1 fully saturated rings. The lowest BCUT2D eigenvalue weighted by atomic mass is 10.1. The van der Waals surface area contributed by atoms with Crippen molar-refractivity contribution in [1.29, 1.82) is 0 Å². The second-order valence-corrected chi connectivity index (χ2v) is 6.88. The molecule has 0 saturated heterocycles. The lowest BCUT2D eigenvalue weighted by Crippen LogP contribution is -2.35. The molecule has 0 bridgehead atoms. The molecular weight excluding hydrogens is 304 g/mol. The van der Waals surface area contributed by atoms with Gasteiger partial charge in [-0.1, -0.05) is 24.1 Å². The Hall–Kier alpha value is -1.34. The maximum atomic E-state index is 12.3. The van der Waals surface area contributed by atoms with Gasteiger partial charge in [0.1, 0.15) is 11.0 Å². The average Bonchev–Trinajstić information content (AvgIpc) is 2.87. The summed E-state index contributed by atoms with van der Waals surface area (Å²) >= 11 is 5.71. The highest BCUT2D eigenvalue weighted by molar-refractivity contribution is 7.93. The summed E-state index contributed by atoms with van der Waals surface area (Å²) in [6.45, 7) is 0. The van der Waals surface area contributed by atoms with Crippen molar-refractivity contribution in [2.45, 2.75) is 24.5 Å². The highest BCUT2D eigenvalue weighted by Crippen LogP contribution is 2.32. The monoisotopic (exact) mass is 318 g/mol. The Morgan fingerprint density at radius 3 is 2.85 bits per heavy atom. The molecule has 0 radical (unpaired) electrons. The molecule has 0 aliphatic heterocycles. The van der Waals surface area contributed by atoms with Crippen molar-refractivity contribution in [1.82, 2.24) is 4.98 Å². The molecule has 1 aromatic rings. The number of esters is 1. The standard InChI is InChI=1S/C12H15ClN2O4S/c1-19-12(16)8-4-2-5-9(8)20(17,18)15-11-7-3-6-10(13)14-11/h3,6-9H,2,4-5H2,1H3,(H,14,15). The van der Waals surface area contributed by atoms with E-state index in [4.69, 9.17) is 11.6 Å². The van der Waals surface area contributed by atoms with Crippen LogP contribution in [0.2, 0.25) is 5.15 Å². The number of ether oxygens (including phenoxy) is 1. The fourth-order valence-electron chi connectivity index (χ4n) is 2.40. The number of nitrogens with one attached hydrogen (secondary N) is 1. The van der Waals surface area contributed by atoms with Crippen LogP contribution in [-0.2, 0) is 19.6 Å². The van der Waals surface area contributed by atoms with Crippen molar-refractivity contribution in [2.24, 2.45) is 5.92 Å². The van der Waals surface area contributed by atoms with Gasteiger partial charge in [-0.25, -0.2) is 13.4 Å². The third-order valence-electron chi connectivity index (χ3n) is 3.32. The van der Waals surface area contributed by atoms with Gasteiger partial charge >= 0.3 is 5.97 Å². The van der Waals surface area contributed by atoms with Gasteiger partial charge in [0.2, 0.25) is 10.0 Å². The predicted molar refractivity (Wildman–Crippen MR) is 74.9 cm³/mol. The number of aromatic nitrogens is 1. The highest BCUT2D eigenvalue weighted by Gasteiger charge is 2.42. The smallest absolute Gasteiger partial charge is 0.310 e. The lowest BCUT2D eigenvalue weighted by molar-refractivity contribution is -0.145. The zero-order valence-corrected chi connectivity index (χ0v) is 12.4. The van der Waals surface area contributed by atoms with Gasteiger partial charge in [0.05, 0.1) is 18.3 Å². The molecular formula is C12H15ClN2O4S. The van der Waals surface area contributed by atoms with E-state index in [-0.39, 0.29) is 11.0 Å². The van der Waals surface area contributed by atoms with Crippen LogP contribution in [0.1, 0.15) is 19.3 Å². The van der Waals surface area contributed by atoms with Crippen LogP contribution in [0.4, 0.5) is 5.82 Å². The van der Waals surface area contributed by atoms with Crippen molar-refractivity contribution >= 4 is 33.4 Å². The van der Waals surface area contributed by atoms with Crippen LogP contribution in [-0.4, -0.2) is 31.7 Å². The van der Waals surface area contributed by atoms with E-state index in [0.29, 0.717) is 19.3 Å². The topological polar surface area (TPSA) is 85.4 Å². The van der Waals surface area contributed by atoms with E-state index in [2.05, 4.69) is 14.4 Å². The number of hydrogen-bond acceptors (Lipinski definition) is 5. The van der Waals surface area contributed by atoms with Crippen LogP contribution in [0.5, 0.6) is 0 Å². The minimum absolute atomic E-state index is 0.146. The maximum absolute atomic E-state index is 12.3. The van der Waals surface area contributed by atoms with Crippen LogP contribution in [0.3, 0.4) is 0 Å². The molecule has 1 heterocycles. The SMILES string of the molecule is COC(=O)C1CCCC1S(=O)(=O)Nc1cccc(Cl)n1. The van der Waals surface area contributed by atoms with E-state index in [1.807, 2.05) is 0 Å². The first-order chi connectivity index (χ1) is 9.44. The number of halogens is 1. The first-order valence-electron chi connectivity index (χ1n) is 6.16. The summed E-state index contributed by atoms with van der Waals surface area (Å²) in [5.74, 6) is -0.971. The van der Waals surface area contributed by atoms with Crippen molar-refractivity contribution in [3.63, 3.8) is 0 Å². The van der Waals surface area contributed by atoms with Crippen LogP contribution in [0, 0.1) is 5.92 Å². The fourth-order valence-corrected chi connectivity index (χ4v) is 4.28. The molecule has 0 amide bonds. The molecule has 110 valence electrons. The van der Waals surface area contributed by atoms with E-state index >= 15 is 0 Å². The molecule has 1 aromatic heterocycles. The van der Waals surface area contributed by atoms with Gasteiger partial charge in [-0.3, -0.25) is 9.52 Å². The van der Waals surface area contributed by atoms with Crippen molar-refractivity contribution in [3.05, 3.63) is 23.4 Å².